The maximum Gasteiger partial charge on any atom is 0.340 e. The number of esters is 2. The van der Waals surface area contributed by atoms with Crippen molar-refractivity contribution in [3.63, 3.8) is 0 Å². The van der Waals surface area contributed by atoms with Crippen LogP contribution < -0.4 is 0 Å². The van der Waals surface area contributed by atoms with E-state index in [0.29, 0.717) is 18.9 Å². The quantitative estimate of drug-likeness (QED) is 0.631. The number of aromatic nitrogens is 2. The Balaban J connectivity index is 1.51. The highest BCUT2D eigenvalue weighted by Crippen LogP contribution is 2.23. The van der Waals surface area contributed by atoms with E-state index in [9.17, 15) is 14.0 Å². The number of hydrogen-bond acceptors (Lipinski definition) is 6. The van der Waals surface area contributed by atoms with Crippen LogP contribution in [0.2, 0.25) is 0 Å². The minimum atomic E-state index is -0.651. The Labute approximate surface area is 169 Å². The molecule has 1 atom stereocenters. The molecule has 1 aliphatic heterocycles. The van der Waals surface area contributed by atoms with Crippen molar-refractivity contribution in [3.8, 4) is 0 Å². The zero-order chi connectivity index (χ0) is 20.8. The third-order valence-electron chi connectivity index (χ3n) is 5.20. The van der Waals surface area contributed by atoms with Crippen LogP contribution in [0.3, 0.4) is 0 Å². The van der Waals surface area contributed by atoms with Crippen LogP contribution in [-0.2, 0) is 33.8 Å². The van der Waals surface area contributed by atoms with Gasteiger partial charge in [0.05, 0.1) is 38.9 Å². The van der Waals surface area contributed by atoms with Gasteiger partial charge in [0.15, 0.2) is 0 Å². The zero-order valence-electron chi connectivity index (χ0n) is 16.8. The van der Waals surface area contributed by atoms with Gasteiger partial charge in [0, 0.05) is 24.8 Å². The van der Waals surface area contributed by atoms with E-state index in [1.165, 1.54) is 20.3 Å². The first-order chi connectivity index (χ1) is 14.0. The highest BCUT2D eigenvalue weighted by Gasteiger charge is 2.24. The number of aryl methyl sites for hydroxylation is 1. The summed E-state index contributed by atoms with van der Waals surface area (Å²) in [6, 6.07) is 4.65. The number of hydrogen-bond donors (Lipinski definition) is 0. The van der Waals surface area contributed by atoms with Crippen molar-refractivity contribution in [2.24, 2.45) is 5.92 Å². The Kier molecular flexibility index (Phi) is 6.98. The second kappa shape index (κ2) is 9.65. The molecule has 1 fully saturated rings. The van der Waals surface area contributed by atoms with Gasteiger partial charge in [0.2, 0.25) is 0 Å². The summed E-state index contributed by atoms with van der Waals surface area (Å²) in [6.07, 6.45) is 5.92. The predicted octanol–water partition coefficient (Wildman–Crippen LogP) is 2.44. The number of rotatable bonds is 8. The van der Waals surface area contributed by atoms with Gasteiger partial charge in [-0.15, -0.1) is 0 Å². The van der Waals surface area contributed by atoms with Crippen LogP contribution in [-0.4, -0.2) is 53.9 Å². The van der Waals surface area contributed by atoms with Gasteiger partial charge < -0.3 is 9.47 Å². The number of halogens is 1. The molecular formula is C21H26FN3O4. The lowest BCUT2D eigenvalue weighted by Gasteiger charge is -2.15. The summed E-state index contributed by atoms with van der Waals surface area (Å²) in [4.78, 5) is 25.3. The zero-order valence-corrected chi connectivity index (χ0v) is 16.8. The SMILES string of the molecule is COC(=O)CCn1cc(CN2CCC(Cc3ccc(F)c(C(=O)OC)c3)C2)cn1. The molecule has 0 bridgehead atoms. The number of ether oxygens (including phenoxy) is 2. The summed E-state index contributed by atoms with van der Waals surface area (Å²) in [5.74, 6) is -1.01. The number of carbonyl (C=O) groups is 2. The minimum absolute atomic E-state index is 0.0146. The van der Waals surface area contributed by atoms with Gasteiger partial charge in [-0.2, -0.15) is 5.10 Å². The van der Waals surface area contributed by atoms with Gasteiger partial charge in [-0.1, -0.05) is 6.07 Å². The van der Waals surface area contributed by atoms with Crippen molar-refractivity contribution < 1.29 is 23.5 Å². The molecule has 1 unspecified atom stereocenters. The normalized spacial score (nSPS) is 16.7. The van der Waals surface area contributed by atoms with Crippen LogP contribution in [0.1, 0.15) is 34.3 Å². The molecule has 1 aromatic heterocycles. The third-order valence-corrected chi connectivity index (χ3v) is 5.20. The van der Waals surface area contributed by atoms with Crippen LogP contribution in [0, 0.1) is 11.7 Å². The van der Waals surface area contributed by atoms with Gasteiger partial charge in [-0.3, -0.25) is 14.4 Å². The molecule has 1 aliphatic rings. The highest BCUT2D eigenvalue weighted by molar-refractivity contribution is 5.89. The first-order valence-corrected chi connectivity index (χ1v) is 9.65. The van der Waals surface area contributed by atoms with Crippen molar-refractivity contribution in [1.29, 1.82) is 0 Å². The molecule has 1 saturated heterocycles. The van der Waals surface area contributed by atoms with E-state index >= 15 is 0 Å². The fourth-order valence-corrected chi connectivity index (χ4v) is 3.70. The largest absolute Gasteiger partial charge is 0.469 e. The number of carbonyl (C=O) groups excluding carboxylic acids is 2. The molecule has 3 rings (SSSR count). The number of benzene rings is 1. The van der Waals surface area contributed by atoms with Gasteiger partial charge in [-0.05, 0) is 43.0 Å². The van der Waals surface area contributed by atoms with Crippen molar-refractivity contribution >= 4 is 11.9 Å². The Morgan fingerprint density at radius 3 is 2.83 bits per heavy atom. The molecule has 2 aromatic rings. The lowest BCUT2D eigenvalue weighted by Crippen LogP contribution is -2.20. The van der Waals surface area contributed by atoms with Crippen LogP contribution in [0.5, 0.6) is 0 Å². The molecular weight excluding hydrogens is 377 g/mol. The average Bonchev–Trinajstić information content (AvgIpc) is 3.36. The van der Waals surface area contributed by atoms with E-state index in [1.807, 2.05) is 12.4 Å². The fourth-order valence-electron chi connectivity index (χ4n) is 3.70. The van der Waals surface area contributed by atoms with Crippen LogP contribution in [0.15, 0.2) is 30.6 Å². The molecule has 8 heteroatoms. The van der Waals surface area contributed by atoms with E-state index in [4.69, 9.17) is 0 Å². The molecule has 2 heterocycles. The standard InChI is InChI=1S/C21H26FN3O4/c1-28-20(26)6-8-25-14-17(11-23-25)13-24-7-5-16(12-24)9-15-3-4-19(22)18(10-15)21(27)29-2/h3-4,10-11,14,16H,5-9,12-13H2,1-2H3. The fraction of sp³-hybridized carbons (Fsp3) is 0.476. The third kappa shape index (κ3) is 5.63. The van der Waals surface area contributed by atoms with E-state index in [0.717, 1.165) is 43.6 Å². The van der Waals surface area contributed by atoms with Gasteiger partial charge in [0.25, 0.3) is 0 Å². The molecule has 156 valence electrons. The second-order valence-corrected chi connectivity index (χ2v) is 7.34. The first-order valence-electron chi connectivity index (χ1n) is 9.65. The van der Waals surface area contributed by atoms with Crippen molar-refractivity contribution in [1.82, 2.24) is 14.7 Å². The summed E-state index contributed by atoms with van der Waals surface area (Å²) in [7, 11) is 2.63. The Morgan fingerprint density at radius 2 is 2.07 bits per heavy atom. The van der Waals surface area contributed by atoms with Gasteiger partial charge in [-0.25, -0.2) is 9.18 Å². The lowest BCUT2D eigenvalue weighted by molar-refractivity contribution is -0.140. The molecule has 7 nitrogen and oxygen atoms in total. The topological polar surface area (TPSA) is 73.7 Å². The Hall–Kier alpha value is -2.74. The first kappa shape index (κ1) is 21.0. The highest BCUT2D eigenvalue weighted by atomic mass is 19.1. The maximum absolute atomic E-state index is 13.8. The second-order valence-electron chi connectivity index (χ2n) is 7.34. The molecule has 29 heavy (non-hydrogen) atoms. The van der Waals surface area contributed by atoms with E-state index in [2.05, 4.69) is 19.5 Å². The summed E-state index contributed by atoms with van der Waals surface area (Å²) in [6.45, 7) is 3.20. The molecule has 1 aromatic carbocycles. The predicted molar refractivity (Wildman–Crippen MR) is 104 cm³/mol. The van der Waals surface area contributed by atoms with E-state index < -0.39 is 11.8 Å². The van der Waals surface area contributed by atoms with Crippen LogP contribution in [0.25, 0.3) is 0 Å². The van der Waals surface area contributed by atoms with E-state index in [1.54, 1.807) is 16.8 Å². The average molecular weight is 403 g/mol. The Morgan fingerprint density at radius 1 is 1.24 bits per heavy atom. The molecule has 0 amide bonds. The summed E-state index contributed by atoms with van der Waals surface area (Å²) in [5, 5.41) is 4.30. The van der Waals surface area contributed by atoms with Crippen molar-refractivity contribution in [2.45, 2.75) is 32.4 Å². The van der Waals surface area contributed by atoms with Crippen molar-refractivity contribution in [3.05, 3.63) is 53.1 Å². The summed E-state index contributed by atoms with van der Waals surface area (Å²) < 4.78 is 24.8. The summed E-state index contributed by atoms with van der Waals surface area (Å²) in [5.41, 5.74) is 2.03. The van der Waals surface area contributed by atoms with Gasteiger partial charge >= 0.3 is 11.9 Å². The maximum atomic E-state index is 13.8. The molecule has 0 saturated carbocycles. The van der Waals surface area contributed by atoms with Gasteiger partial charge in [0.1, 0.15) is 5.82 Å². The monoisotopic (exact) mass is 403 g/mol. The minimum Gasteiger partial charge on any atom is -0.469 e. The van der Waals surface area contributed by atoms with E-state index in [-0.39, 0.29) is 11.5 Å². The Bertz CT molecular complexity index is 867. The van der Waals surface area contributed by atoms with Crippen LogP contribution in [0.4, 0.5) is 4.39 Å². The number of nitrogens with zero attached hydrogens (tertiary/aromatic N) is 3. The molecule has 0 radical (unpaired) electrons. The summed E-state index contributed by atoms with van der Waals surface area (Å²) >= 11 is 0. The molecule has 0 N–H and O–H groups in total. The lowest BCUT2D eigenvalue weighted by atomic mass is 9.97. The van der Waals surface area contributed by atoms with Crippen molar-refractivity contribution in [2.75, 3.05) is 27.3 Å². The number of likely N-dealkylation sites (tertiary alicyclic amines) is 1. The van der Waals surface area contributed by atoms with Crippen LogP contribution >= 0.6 is 0 Å². The molecule has 0 aliphatic carbocycles. The smallest absolute Gasteiger partial charge is 0.340 e. The number of methoxy groups -OCH3 is 2. The molecule has 0 spiro atoms.